The molecular formula is C48H48F6N16O3. The highest BCUT2D eigenvalue weighted by Crippen LogP contribution is 2.34. The highest BCUT2D eigenvalue weighted by molar-refractivity contribution is 6.00. The van der Waals surface area contributed by atoms with Crippen LogP contribution in [0.2, 0.25) is 0 Å². The van der Waals surface area contributed by atoms with Crippen molar-refractivity contribution in [2.45, 2.75) is 78.3 Å². The zero-order chi connectivity index (χ0) is 52.2. The van der Waals surface area contributed by atoms with Gasteiger partial charge in [-0.1, -0.05) is 72.8 Å². The lowest BCUT2D eigenvalue weighted by Crippen LogP contribution is -2.29. The molecule has 380 valence electrons. The molecule has 73 heavy (non-hydrogen) atoms. The predicted octanol–water partition coefficient (Wildman–Crippen LogP) is 7.72. The van der Waals surface area contributed by atoms with Gasteiger partial charge in [-0.15, -0.1) is 20.4 Å². The van der Waals surface area contributed by atoms with Crippen molar-refractivity contribution < 1.29 is 41.0 Å². The number of carboxylic acids is 1. The number of aromatic nitrogens is 12. The van der Waals surface area contributed by atoms with Crippen LogP contribution in [0.1, 0.15) is 91.4 Å². The molecular weight excluding hydrogens is 963 g/mol. The highest BCUT2D eigenvalue weighted by atomic mass is 19.4. The van der Waals surface area contributed by atoms with Crippen molar-refractivity contribution in [1.82, 2.24) is 66.1 Å². The first kappa shape index (κ1) is 50.9. The molecule has 0 saturated carbocycles. The van der Waals surface area contributed by atoms with Crippen LogP contribution in [-0.4, -0.2) is 90.9 Å². The van der Waals surface area contributed by atoms with Crippen LogP contribution in [0.25, 0.3) is 22.8 Å². The molecule has 0 fully saturated rings. The minimum Gasteiger partial charge on any atom is -0.477 e. The summed E-state index contributed by atoms with van der Waals surface area (Å²) in [6.45, 7) is 10.3. The zero-order valence-electron chi connectivity index (χ0n) is 39.6. The summed E-state index contributed by atoms with van der Waals surface area (Å²) < 4.78 is 79.8. The number of amides is 1. The molecule has 0 unspecified atom stereocenters. The number of aryl methyl sites for hydroxylation is 2. The number of aromatic amines is 2. The number of aromatic carboxylic acids is 1. The largest absolute Gasteiger partial charge is 0.477 e. The van der Waals surface area contributed by atoms with Crippen molar-refractivity contribution in [3.05, 3.63) is 153 Å². The van der Waals surface area contributed by atoms with Crippen LogP contribution in [-0.2, 0) is 38.5 Å². The summed E-state index contributed by atoms with van der Waals surface area (Å²) in [5, 5.41) is 48.6. The molecule has 8 aromatic rings. The molecule has 0 saturated heterocycles. The number of benzene rings is 4. The summed E-state index contributed by atoms with van der Waals surface area (Å²) in [7, 11) is 0. The van der Waals surface area contributed by atoms with Gasteiger partial charge in [0, 0.05) is 43.3 Å². The molecule has 2 aliphatic rings. The Balaban J connectivity index is 0.000000163. The van der Waals surface area contributed by atoms with E-state index in [2.05, 4.69) is 56.8 Å². The Bertz CT molecular complexity index is 3140. The van der Waals surface area contributed by atoms with Crippen LogP contribution >= 0.6 is 0 Å². The summed E-state index contributed by atoms with van der Waals surface area (Å²) in [4.78, 5) is 28.5. The number of carbonyl (C=O) groups is 2. The maximum atomic E-state index is 13.3. The van der Waals surface area contributed by atoms with Crippen molar-refractivity contribution in [2.75, 3.05) is 22.9 Å². The quantitative estimate of drug-likeness (QED) is 0.0780. The lowest BCUT2D eigenvalue weighted by Gasteiger charge is -2.20. The van der Waals surface area contributed by atoms with Gasteiger partial charge in [-0.3, -0.25) is 4.79 Å². The summed E-state index contributed by atoms with van der Waals surface area (Å²) in [6.07, 6.45) is -8.74. The van der Waals surface area contributed by atoms with Crippen LogP contribution in [0.5, 0.6) is 0 Å². The Morgan fingerprint density at radius 1 is 0.630 bits per heavy atom. The first-order valence-corrected chi connectivity index (χ1v) is 22.7. The van der Waals surface area contributed by atoms with Gasteiger partial charge in [-0.05, 0) is 84.6 Å². The van der Waals surface area contributed by atoms with Crippen LogP contribution in [0.15, 0.2) is 97.1 Å². The number of halogens is 6. The smallest absolute Gasteiger partial charge is 0.416 e. The average Bonchev–Trinajstić information content (AvgIpc) is 4.23. The van der Waals surface area contributed by atoms with Gasteiger partial charge in [0.1, 0.15) is 22.8 Å². The van der Waals surface area contributed by atoms with Crippen LogP contribution < -0.4 is 20.9 Å². The second kappa shape index (κ2) is 21.1. The number of H-pyrrole nitrogens is 2. The molecule has 2 atom stereocenters. The van der Waals surface area contributed by atoms with Crippen LogP contribution in [0.3, 0.4) is 0 Å². The number of hydrogen-bond donors (Lipinski definition) is 5. The fourth-order valence-corrected chi connectivity index (χ4v) is 8.38. The molecule has 4 aromatic heterocycles. The number of anilines is 2. The van der Waals surface area contributed by atoms with Gasteiger partial charge in [0.05, 0.1) is 41.6 Å². The molecule has 0 aliphatic carbocycles. The van der Waals surface area contributed by atoms with Gasteiger partial charge < -0.3 is 26.0 Å². The Hall–Kier alpha value is -8.48. The molecule has 4 aromatic carbocycles. The fourth-order valence-electron chi connectivity index (χ4n) is 8.38. The van der Waals surface area contributed by atoms with Crippen molar-refractivity contribution >= 4 is 23.5 Å². The van der Waals surface area contributed by atoms with Gasteiger partial charge in [-0.2, -0.15) is 47.0 Å². The Morgan fingerprint density at radius 3 is 1.42 bits per heavy atom. The lowest BCUT2D eigenvalue weighted by molar-refractivity contribution is -0.138. The second-order valence-electron chi connectivity index (χ2n) is 17.3. The van der Waals surface area contributed by atoms with E-state index >= 15 is 0 Å². The van der Waals surface area contributed by atoms with E-state index in [1.165, 1.54) is 24.3 Å². The maximum absolute atomic E-state index is 13.3. The van der Waals surface area contributed by atoms with E-state index in [0.717, 1.165) is 52.1 Å². The van der Waals surface area contributed by atoms with E-state index in [0.29, 0.717) is 85.1 Å². The SMILES string of the molecule is C[C@H](N)c1ccc(-c2nn[nH]n2)cc1.Cc1nn2c(c1C(=O)N[C@@H](C)c1ccc(-c3nn[nH]n3)cc1)N(Cc1ccc(C(F)(F)F)cc1)CC2.Cc1nn2c(c1C(=O)O)N(Cc1ccc(C(F)(F)F)cc1)CC2. The molecule has 0 spiro atoms. The number of carboxylic acid groups (broad SMARTS) is 1. The van der Waals surface area contributed by atoms with E-state index < -0.39 is 29.4 Å². The van der Waals surface area contributed by atoms with Gasteiger partial charge in [0.25, 0.3) is 5.91 Å². The Morgan fingerprint density at radius 2 is 1.04 bits per heavy atom. The van der Waals surface area contributed by atoms with Crippen LogP contribution in [0, 0.1) is 13.8 Å². The van der Waals surface area contributed by atoms with E-state index in [-0.39, 0.29) is 23.6 Å². The van der Waals surface area contributed by atoms with Gasteiger partial charge in [0.15, 0.2) is 0 Å². The normalized spacial score (nSPS) is 13.8. The number of nitrogens with zero attached hydrogens (tertiary/aromatic N) is 12. The molecule has 2 aliphatic heterocycles. The monoisotopic (exact) mass is 1010 g/mol. The molecule has 19 nitrogen and oxygen atoms in total. The van der Waals surface area contributed by atoms with Crippen molar-refractivity contribution in [1.29, 1.82) is 0 Å². The molecule has 1 amide bonds. The second-order valence-corrected chi connectivity index (χ2v) is 17.3. The maximum Gasteiger partial charge on any atom is 0.416 e. The van der Waals surface area contributed by atoms with E-state index in [9.17, 15) is 41.0 Å². The van der Waals surface area contributed by atoms with Gasteiger partial charge >= 0.3 is 18.3 Å². The number of hydrogen-bond acceptors (Lipinski definition) is 13. The summed E-state index contributed by atoms with van der Waals surface area (Å²) in [6, 6.07) is 25.1. The molecule has 0 bridgehead atoms. The summed E-state index contributed by atoms with van der Waals surface area (Å²) in [5.41, 5.74) is 11.1. The first-order valence-electron chi connectivity index (χ1n) is 22.7. The van der Waals surface area contributed by atoms with E-state index in [1.54, 1.807) is 23.2 Å². The molecule has 6 heterocycles. The molecule has 10 rings (SSSR count). The van der Waals surface area contributed by atoms with Gasteiger partial charge in [-0.25, -0.2) is 14.2 Å². The standard InChI is InChI=1S/C24H23F3N8O.C15H14F3N3O2.C9H11N5/c1-14(17-5-7-18(8-6-17)21-29-32-33-30-21)28-22(36)20-15(2)31-35-12-11-34(23(20)35)13-16-3-9-19(10-4-16)24(25,26)27;1-9-12(14(22)23)13-20(6-7-21(13)19-9)8-10-2-4-11(5-3-10)15(16,17)18;1-6(10)7-2-4-8(5-3-7)9-11-13-14-12-9/h3-10,14H,11-13H2,1-2H3,(H,28,36)(H,29,30,32,33);2-5H,6-8H2,1H3,(H,22,23);2-6H,10H2,1H3,(H,11,12,13,14)/t14-;;6-/m0.0/s1. The highest BCUT2D eigenvalue weighted by Gasteiger charge is 2.34. The molecule has 25 heteroatoms. The molecule has 6 N–H and O–H groups in total. The number of fused-ring (bicyclic) bond motifs is 2. The third-order valence-electron chi connectivity index (χ3n) is 12.1. The third-order valence-corrected chi connectivity index (χ3v) is 12.1. The number of tetrazole rings is 2. The first-order chi connectivity index (χ1) is 34.7. The van der Waals surface area contributed by atoms with Crippen molar-refractivity contribution in [2.24, 2.45) is 5.73 Å². The van der Waals surface area contributed by atoms with Crippen LogP contribution in [0.4, 0.5) is 38.0 Å². The van der Waals surface area contributed by atoms with Crippen molar-refractivity contribution in [3.8, 4) is 22.8 Å². The number of nitrogens with two attached hydrogens (primary N) is 1. The molecule has 0 radical (unpaired) electrons. The fraction of sp³-hybridized carbons (Fsp3) is 0.292. The summed E-state index contributed by atoms with van der Waals surface area (Å²) in [5.74, 6) is 0.948. The topological polar surface area (TPSA) is 243 Å². The Labute approximate surface area is 412 Å². The number of nitrogens with one attached hydrogen (secondary N) is 3. The lowest BCUT2D eigenvalue weighted by atomic mass is 10.1. The minimum atomic E-state index is -4.38. The van der Waals surface area contributed by atoms with E-state index in [1.807, 2.05) is 72.2 Å². The predicted molar refractivity (Wildman–Crippen MR) is 254 cm³/mol. The zero-order valence-corrected chi connectivity index (χ0v) is 39.6. The number of alkyl halides is 6. The van der Waals surface area contributed by atoms with Gasteiger partial charge in [0.2, 0.25) is 11.6 Å². The minimum absolute atomic E-state index is 0.0503. The van der Waals surface area contributed by atoms with E-state index in [4.69, 9.17) is 5.73 Å². The summed E-state index contributed by atoms with van der Waals surface area (Å²) >= 11 is 0. The average molecular weight is 1010 g/mol. The number of rotatable bonds is 11. The van der Waals surface area contributed by atoms with Crippen molar-refractivity contribution in [3.63, 3.8) is 0 Å². The Kier molecular flexibility index (Phi) is 14.7. The number of carbonyl (C=O) groups excluding carboxylic acids is 1. The third kappa shape index (κ3) is 11.7.